The van der Waals surface area contributed by atoms with E-state index in [9.17, 15) is 0 Å². The fourth-order valence-corrected chi connectivity index (χ4v) is 2.24. The van der Waals surface area contributed by atoms with Crippen LogP contribution in [0.2, 0.25) is 5.22 Å². The summed E-state index contributed by atoms with van der Waals surface area (Å²) in [4.78, 5) is 0. The van der Waals surface area contributed by atoms with Gasteiger partial charge in [-0.2, -0.15) is 0 Å². The Hall–Kier alpha value is -1.25. The van der Waals surface area contributed by atoms with E-state index < -0.39 is 0 Å². The van der Waals surface area contributed by atoms with E-state index in [2.05, 4.69) is 37.4 Å². The molecular weight excluding hydrogens is 234 g/mol. The van der Waals surface area contributed by atoms with Gasteiger partial charge in [0.05, 0.1) is 6.04 Å². The van der Waals surface area contributed by atoms with Crippen molar-refractivity contribution in [1.29, 1.82) is 0 Å². The van der Waals surface area contributed by atoms with Gasteiger partial charge in [0.25, 0.3) is 0 Å². The van der Waals surface area contributed by atoms with Crippen LogP contribution in [0.5, 0.6) is 0 Å². The van der Waals surface area contributed by atoms with E-state index in [1.165, 1.54) is 16.7 Å². The third kappa shape index (κ3) is 2.54. The molecule has 0 fully saturated rings. The number of halogens is 1. The number of nitrogens with one attached hydrogen (secondary N) is 1. The van der Waals surface area contributed by atoms with Crippen LogP contribution in [0.4, 0.5) is 0 Å². The summed E-state index contributed by atoms with van der Waals surface area (Å²) in [7, 11) is 1.92. The maximum absolute atomic E-state index is 5.82. The van der Waals surface area contributed by atoms with Crippen molar-refractivity contribution in [3.63, 3.8) is 0 Å². The van der Waals surface area contributed by atoms with Crippen molar-refractivity contribution in [2.75, 3.05) is 7.05 Å². The van der Waals surface area contributed by atoms with Crippen LogP contribution in [0.15, 0.2) is 34.7 Å². The summed E-state index contributed by atoms with van der Waals surface area (Å²) >= 11 is 5.82. The van der Waals surface area contributed by atoms with E-state index in [1.54, 1.807) is 6.07 Å². The monoisotopic (exact) mass is 249 g/mol. The molecule has 2 aromatic rings. The lowest BCUT2D eigenvalue weighted by molar-refractivity contribution is 0.464. The predicted molar refractivity (Wildman–Crippen MR) is 70.5 cm³/mol. The highest BCUT2D eigenvalue weighted by atomic mass is 35.5. The molecule has 3 heteroatoms. The minimum absolute atomic E-state index is 0.0445. The van der Waals surface area contributed by atoms with Crippen LogP contribution in [0.3, 0.4) is 0 Å². The van der Waals surface area contributed by atoms with Gasteiger partial charge in [0.15, 0.2) is 5.22 Å². The SMILES string of the molecule is CNC(c1ccc(Cl)o1)c1ccc(C)cc1C. The molecule has 0 aliphatic heterocycles. The number of hydrogen-bond acceptors (Lipinski definition) is 2. The molecule has 0 amide bonds. The second kappa shape index (κ2) is 4.94. The second-order valence-corrected chi connectivity index (χ2v) is 4.60. The molecule has 2 nitrogen and oxygen atoms in total. The van der Waals surface area contributed by atoms with Gasteiger partial charge in [0.1, 0.15) is 5.76 Å². The maximum atomic E-state index is 5.82. The zero-order valence-electron chi connectivity index (χ0n) is 10.3. The zero-order valence-corrected chi connectivity index (χ0v) is 11.0. The molecular formula is C14H16ClNO. The molecule has 1 N–H and O–H groups in total. The van der Waals surface area contributed by atoms with Gasteiger partial charge < -0.3 is 9.73 Å². The number of aryl methyl sites for hydroxylation is 2. The maximum Gasteiger partial charge on any atom is 0.193 e. The first-order chi connectivity index (χ1) is 8.11. The molecule has 17 heavy (non-hydrogen) atoms. The Bertz CT molecular complexity index is 519. The van der Waals surface area contributed by atoms with Crippen LogP contribution < -0.4 is 5.32 Å². The van der Waals surface area contributed by atoms with Crippen LogP contribution in [0.1, 0.15) is 28.5 Å². The Kier molecular flexibility index (Phi) is 3.55. The molecule has 1 aromatic heterocycles. The van der Waals surface area contributed by atoms with Crippen molar-refractivity contribution < 1.29 is 4.42 Å². The third-order valence-electron chi connectivity index (χ3n) is 2.90. The van der Waals surface area contributed by atoms with Crippen molar-refractivity contribution in [2.24, 2.45) is 0 Å². The topological polar surface area (TPSA) is 25.2 Å². The van der Waals surface area contributed by atoms with Crippen LogP contribution in [0, 0.1) is 13.8 Å². The molecule has 0 spiro atoms. The third-order valence-corrected chi connectivity index (χ3v) is 3.11. The fraction of sp³-hybridized carbons (Fsp3) is 0.286. The van der Waals surface area contributed by atoms with Crippen molar-refractivity contribution in [1.82, 2.24) is 5.32 Å². The highest BCUT2D eigenvalue weighted by molar-refractivity contribution is 6.28. The molecule has 2 rings (SSSR count). The molecule has 1 aromatic carbocycles. The van der Waals surface area contributed by atoms with Gasteiger partial charge in [-0.3, -0.25) is 0 Å². The molecule has 1 heterocycles. The molecule has 0 aliphatic rings. The van der Waals surface area contributed by atoms with E-state index in [4.69, 9.17) is 16.0 Å². The molecule has 0 radical (unpaired) electrons. The van der Waals surface area contributed by atoms with Crippen LogP contribution in [0.25, 0.3) is 0 Å². The zero-order chi connectivity index (χ0) is 12.4. The summed E-state index contributed by atoms with van der Waals surface area (Å²) in [5, 5.41) is 3.68. The highest BCUT2D eigenvalue weighted by Crippen LogP contribution is 2.28. The standard InChI is InChI=1S/C14H16ClNO/c1-9-4-5-11(10(2)8-9)14(16-3)12-6-7-13(15)17-12/h4-8,14,16H,1-3H3. The highest BCUT2D eigenvalue weighted by Gasteiger charge is 2.17. The quantitative estimate of drug-likeness (QED) is 0.894. The van der Waals surface area contributed by atoms with Crippen LogP contribution in [-0.4, -0.2) is 7.05 Å². The largest absolute Gasteiger partial charge is 0.448 e. The van der Waals surface area contributed by atoms with E-state index >= 15 is 0 Å². The van der Waals surface area contributed by atoms with Crippen molar-refractivity contribution >= 4 is 11.6 Å². The van der Waals surface area contributed by atoms with Crippen molar-refractivity contribution in [3.05, 3.63) is 58.0 Å². The van der Waals surface area contributed by atoms with E-state index in [0.717, 1.165) is 5.76 Å². The summed E-state index contributed by atoms with van der Waals surface area (Å²) in [6.07, 6.45) is 0. The Morgan fingerprint density at radius 2 is 1.94 bits per heavy atom. The number of rotatable bonds is 3. The minimum atomic E-state index is 0.0445. The van der Waals surface area contributed by atoms with Crippen LogP contribution in [-0.2, 0) is 0 Å². The van der Waals surface area contributed by atoms with E-state index in [-0.39, 0.29) is 6.04 Å². The Balaban J connectivity index is 2.42. The summed E-state index contributed by atoms with van der Waals surface area (Å²) in [5.41, 5.74) is 3.72. The van der Waals surface area contributed by atoms with Gasteiger partial charge in [-0.05, 0) is 55.8 Å². The lowest BCUT2D eigenvalue weighted by atomic mass is 9.98. The molecule has 0 saturated carbocycles. The summed E-state index contributed by atoms with van der Waals surface area (Å²) in [5.74, 6) is 0.837. The molecule has 90 valence electrons. The van der Waals surface area contributed by atoms with Gasteiger partial charge in [0.2, 0.25) is 0 Å². The average molecular weight is 250 g/mol. The van der Waals surface area contributed by atoms with Gasteiger partial charge >= 0.3 is 0 Å². The molecule has 1 unspecified atom stereocenters. The number of furan rings is 1. The lowest BCUT2D eigenvalue weighted by Gasteiger charge is -2.17. The fourth-order valence-electron chi connectivity index (χ4n) is 2.08. The number of benzene rings is 1. The van der Waals surface area contributed by atoms with Crippen molar-refractivity contribution in [2.45, 2.75) is 19.9 Å². The predicted octanol–water partition coefficient (Wildman–Crippen LogP) is 3.86. The first-order valence-corrected chi connectivity index (χ1v) is 5.99. The van der Waals surface area contributed by atoms with E-state index in [0.29, 0.717) is 5.22 Å². The summed E-state index contributed by atoms with van der Waals surface area (Å²) in [6.45, 7) is 4.20. The first-order valence-electron chi connectivity index (χ1n) is 5.61. The average Bonchev–Trinajstić information content (AvgIpc) is 2.69. The van der Waals surface area contributed by atoms with Gasteiger partial charge in [0, 0.05) is 0 Å². The Morgan fingerprint density at radius 1 is 1.18 bits per heavy atom. The van der Waals surface area contributed by atoms with Gasteiger partial charge in [-0.1, -0.05) is 23.8 Å². The summed E-state index contributed by atoms with van der Waals surface area (Å²) in [6, 6.07) is 10.1. The Morgan fingerprint density at radius 3 is 2.47 bits per heavy atom. The minimum Gasteiger partial charge on any atom is -0.448 e. The molecule has 1 atom stereocenters. The summed E-state index contributed by atoms with van der Waals surface area (Å²) < 4.78 is 5.48. The van der Waals surface area contributed by atoms with Crippen LogP contribution >= 0.6 is 11.6 Å². The lowest BCUT2D eigenvalue weighted by Crippen LogP contribution is -2.18. The van der Waals surface area contributed by atoms with Crippen molar-refractivity contribution in [3.8, 4) is 0 Å². The normalized spacial score (nSPS) is 12.7. The smallest absolute Gasteiger partial charge is 0.193 e. The second-order valence-electron chi connectivity index (χ2n) is 4.22. The van der Waals surface area contributed by atoms with E-state index in [1.807, 2.05) is 13.1 Å². The molecule has 0 bridgehead atoms. The van der Waals surface area contributed by atoms with Gasteiger partial charge in [-0.25, -0.2) is 0 Å². The number of hydrogen-bond donors (Lipinski definition) is 1. The first kappa shape index (κ1) is 12.2. The molecule has 0 aliphatic carbocycles. The Labute approximate surface area is 107 Å². The van der Waals surface area contributed by atoms with Gasteiger partial charge in [-0.15, -0.1) is 0 Å². The molecule has 0 saturated heterocycles.